The van der Waals surface area contributed by atoms with E-state index in [1.54, 1.807) is 7.11 Å². The fourth-order valence-corrected chi connectivity index (χ4v) is 7.45. The van der Waals surface area contributed by atoms with E-state index in [0.717, 1.165) is 59.2 Å². The van der Waals surface area contributed by atoms with Crippen LogP contribution < -0.4 is 20.3 Å². The van der Waals surface area contributed by atoms with Crippen LogP contribution in [0.15, 0.2) is 48.5 Å². The van der Waals surface area contributed by atoms with Gasteiger partial charge in [-0.15, -0.1) is 0 Å². The molecule has 0 spiro atoms. The van der Waals surface area contributed by atoms with Crippen LogP contribution in [0.25, 0.3) is 10.9 Å². The molecule has 0 bridgehead atoms. The number of carbonyl (C=O) groups is 1. The molecule has 0 saturated heterocycles. The van der Waals surface area contributed by atoms with E-state index in [4.69, 9.17) is 24.4 Å². The Morgan fingerprint density at radius 3 is 2.04 bits per heavy atom. The smallest absolute Gasteiger partial charge is 0.328 e. The summed E-state index contributed by atoms with van der Waals surface area (Å²) in [7, 11) is 3.12. The number of carbonyl (C=O) groups excluding carboxylic acids is 1. The lowest BCUT2D eigenvalue weighted by Crippen LogP contribution is -2.50. The van der Waals surface area contributed by atoms with Crippen molar-refractivity contribution in [1.82, 2.24) is 19.9 Å². The molecule has 2 aromatic carbocycles. The zero-order valence-corrected chi connectivity index (χ0v) is 26.2. The van der Waals surface area contributed by atoms with E-state index in [1.165, 1.54) is 45.6 Å². The molecule has 0 amide bonds. The van der Waals surface area contributed by atoms with E-state index in [-0.39, 0.29) is 12.0 Å². The fraction of sp³-hybridized carbons (Fsp3) is 0.486. The predicted octanol–water partition coefficient (Wildman–Crippen LogP) is 6.54. The van der Waals surface area contributed by atoms with Gasteiger partial charge in [-0.3, -0.25) is 0 Å². The lowest BCUT2D eigenvalue weighted by atomic mass is 9.88. The number of H-pyrrole nitrogens is 1. The van der Waals surface area contributed by atoms with Crippen molar-refractivity contribution in [2.45, 2.75) is 94.8 Å². The molecule has 2 aromatic heterocycles. The number of aromatic nitrogens is 4. The predicted molar refractivity (Wildman–Crippen MR) is 176 cm³/mol. The Morgan fingerprint density at radius 2 is 1.44 bits per heavy atom. The van der Waals surface area contributed by atoms with Crippen LogP contribution in [-0.2, 0) is 16.0 Å². The van der Waals surface area contributed by atoms with Gasteiger partial charge in [0.05, 0.1) is 20.3 Å². The van der Waals surface area contributed by atoms with Crippen LogP contribution in [-0.4, -0.2) is 58.3 Å². The van der Waals surface area contributed by atoms with Gasteiger partial charge in [-0.05, 0) is 55.0 Å². The van der Waals surface area contributed by atoms with Crippen molar-refractivity contribution >= 4 is 34.7 Å². The van der Waals surface area contributed by atoms with Crippen molar-refractivity contribution in [2.75, 3.05) is 29.8 Å². The maximum atomic E-state index is 13.7. The number of rotatable bonds is 8. The number of hydrogen-bond donors (Lipinski definition) is 3. The van der Waals surface area contributed by atoms with Crippen molar-refractivity contribution in [3.05, 3.63) is 65.4 Å². The van der Waals surface area contributed by atoms with Crippen molar-refractivity contribution < 1.29 is 14.3 Å². The molecule has 236 valence electrons. The van der Waals surface area contributed by atoms with Gasteiger partial charge in [0.1, 0.15) is 11.8 Å². The molecule has 10 nitrogen and oxygen atoms in total. The molecule has 10 heteroatoms. The minimum atomic E-state index is -0.652. The van der Waals surface area contributed by atoms with Crippen LogP contribution in [0.4, 0.5) is 17.8 Å². The molecule has 7 rings (SSSR count). The molecule has 3 N–H and O–H groups in total. The standard InChI is InChI=1S/C35H43N7O3/c1-44-25-19-17-22(18-20-25)31-30-27(26-15-9-10-16-28(26)38-30)21-29(32(43)45-2)42(31)35-40-33(36-23-11-5-3-6-12-23)39-34(41-35)37-24-13-7-4-8-14-24/h9-10,15-20,23-24,29,31,38H,3-8,11-14,21H2,1-2H3,(H2,36,37,39,40,41)/t29-,31+/m0/s1. The van der Waals surface area contributed by atoms with Gasteiger partial charge in [-0.1, -0.05) is 68.9 Å². The van der Waals surface area contributed by atoms with E-state index in [2.05, 4.69) is 39.9 Å². The van der Waals surface area contributed by atoms with Gasteiger partial charge in [0.2, 0.25) is 17.8 Å². The Kier molecular flexibility index (Phi) is 8.45. The second kappa shape index (κ2) is 12.9. The van der Waals surface area contributed by atoms with Crippen LogP contribution >= 0.6 is 0 Å². The van der Waals surface area contributed by atoms with E-state index in [0.29, 0.717) is 36.3 Å². The molecule has 0 radical (unpaired) electrons. The Bertz CT molecular complexity index is 1590. The summed E-state index contributed by atoms with van der Waals surface area (Å²) in [5.74, 6) is 1.98. The molecule has 45 heavy (non-hydrogen) atoms. The summed E-state index contributed by atoms with van der Waals surface area (Å²) in [5.41, 5.74) is 4.14. The lowest BCUT2D eigenvalue weighted by Gasteiger charge is -2.41. The van der Waals surface area contributed by atoms with Crippen LogP contribution in [0.1, 0.15) is 87.1 Å². The first-order valence-corrected chi connectivity index (χ1v) is 16.5. The van der Waals surface area contributed by atoms with Gasteiger partial charge < -0.3 is 30.0 Å². The summed E-state index contributed by atoms with van der Waals surface area (Å²) >= 11 is 0. The van der Waals surface area contributed by atoms with Gasteiger partial charge in [-0.2, -0.15) is 15.0 Å². The number of anilines is 3. The third kappa shape index (κ3) is 6.02. The number of fused-ring (bicyclic) bond motifs is 3. The average Bonchev–Trinajstić information content (AvgIpc) is 3.46. The summed E-state index contributed by atoms with van der Waals surface area (Å²) < 4.78 is 10.9. The van der Waals surface area contributed by atoms with Gasteiger partial charge in [0, 0.05) is 35.1 Å². The first kappa shape index (κ1) is 29.4. The summed E-state index contributed by atoms with van der Waals surface area (Å²) in [6.45, 7) is 0. The number of ether oxygens (including phenoxy) is 2. The van der Waals surface area contributed by atoms with E-state index < -0.39 is 6.04 Å². The second-order valence-electron chi connectivity index (χ2n) is 12.6. The molecule has 2 fully saturated rings. The first-order chi connectivity index (χ1) is 22.1. The Morgan fingerprint density at radius 1 is 0.822 bits per heavy atom. The number of methoxy groups -OCH3 is 2. The van der Waals surface area contributed by atoms with Crippen molar-refractivity contribution in [1.29, 1.82) is 0 Å². The first-order valence-electron chi connectivity index (χ1n) is 16.5. The summed E-state index contributed by atoms with van der Waals surface area (Å²) in [5, 5.41) is 8.38. The highest BCUT2D eigenvalue weighted by Crippen LogP contribution is 2.43. The van der Waals surface area contributed by atoms with Gasteiger partial charge >= 0.3 is 5.97 Å². The number of hydrogen-bond acceptors (Lipinski definition) is 9. The van der Waals surface area contributed by atoms with Crippen LogP contribution in [0.3, 0.4) is 0 Å². The lowest BCUT2D eigenvalue weighted by molar-refractivity contribution is -0.142. The average molecular weight is 610 g/mol. The highest BCUT2D eigenvalue weighted by molar-refractivity contribution is 5.89. The normalized spacial score (nSPS) is 20.9. The van der Waals surface area contributed by atoms with Crippen LogP contribution in [0.2, 0.25) is 0 Å². The van der Waals surface area contributed by atoms with Crippen molar-refractivity contribution in [3.8, 4) is 5.75 Å². The number of nitrogens with one attached hydrogen (secondary N) is 3. The van der Waals surface area contributed by atoms with Gasteiger partial charge in [0.15, 0.2) is 0 Å². The number of nitrogens with zero attached hydrogens (tertiary/aromatic N) is 4. The molecule has 2 atom stereocenters. The molecule has 1 aliphatic heterocycles. The molecule has 4 aromatic rings. The summed E-state index contributed by atoms with van der Waals surface area (Å²) in [6, 6.07) is 15.9. The van der Waals surface area contributed by atoms with E-state index in [9.17, 15) is 4.79 Å². The molecular formula is C35H43N7O3. The molecule has 2 saturated carbocycles. The Labute approximate surface area is 264 Å². The molecule has 2 aliphatic carbocycles. The third-order valence-corrected chi connectivity index (χ3v) is 9.77. The molecule has 3 heterocycles. The number of benzene rings is 2. The van der Waals surface area contributed by atoms with Crippen molar-refractivity contribution in [2.24, 2.45) is 0 Å². The number of para-hydroxylation sites is 1. The monoisotopic (exact) mass is 609 g/mol. The summed E-state index contributed by atoms with van der Waals surface area (Å²) in [6.07, 6.45) is 12.1. The third-order valence-electron chi connectivity index (χ3n) is 9.77. The van der Waals surface area contributed by atoms with Crippen molar-refractivity contribution in [3.63, 3.8) is 0 Å². The minimum absolute atomic E-state index is 0.312. The molecular weight excluding hydrogens is 566 g/mol. The zero-order chi connectivity index (χ0) is 30.8. The number of aromatic amines is 1. The fourth-order valence-electron chi connectivity index (χ4n) is 7.45. The quantitative estimate of drug-likeness (QED) is 0.191. The number of esters is 1. The molecule has 0 unspecified atom stereocenters. The highest BCUT2D eigenvalue weighted by Gasteiger charge is 2.43. The van der Waals surface area contributed by atoms with Gasteiger partial charge in [0.25, 0.3) is 0 Å². The Balaban J connectivity index is 1.38. The largest absolute Gasteiger partial charge is 0.497 e. The zero-order valence-electron chi connectivity index (χ0n) is 26.2. The Hall–Kier alpha value is -4.34. The second-order valence-corrected chi connectivity index (χ2v) is 12.6. The maximum Gasteiger partial charge on any atom is 0.328 e. The SMILES string of the molecule is COC(=O)[C@@H]1Cc2c([nH]c3ccccc23)[C@@H](c2ccc(OC)cc2)N1c1nc(NC2CCCCC2)nc(NC2CCCCC2)n1. The van der Waals surface area contributed by atoms with Crippen LogP contribution in [0, 0.1) is 0 Å². The maximum absolute atomic E-state index is 13.7. The summed E-state index contributed by atoms with van der Waals surface area (Å²) in [4.78, 5) is 34.4. The minimum Gasteiger partial charge on any atom is -0.497 e. The molecule has 3 aliphatic rings. The highest BCUT2D eigenvalue weighted by atomic mass is 16.5. The van der Waals surface area contributed by atoms with Crippen LogP contribution in [0.5, 0.6) is 5.75 Å². The van der Waals surface area contributed by atoms with E-state index in [1.807, 2.05) is 29.2 Å². The topological polar surface area (TPSA) is 117 Å². The van der Waals surface area contributed by atoms with E-state index >= 15 is 0 Å². The van der Waals surface area contributed by atoms with Gasteiger partial charge in [-0.25, -0.2) is 4.79 Å².